The number of rotatable bonds is 2. The molecule has 1 atom stereocenters. The Bertz CT molecular complexity index is 477. The second-order valence-electron chi connectivity index (χ2n) is 2.33. The molecule has 0 aliphatic rings. The van der Waals surface area contributed by atoms with Gasteiger partial charge in [0.05, 0.1) is 0 Å². The van der Waals surface area contributed by atoms with Crippen LogP contribution in [-0.2, 0) is 24.4 Å². The van der Waals surface area contributed by atoms with Crippen LogP contribution in [0.1, 0.15) is 0 Å². The average molecular weight is 288 g/mol. The molecule has 2 N–H and O–H groups in total. The summed E-state index contributed by atoms with van der Waals surface area (Å²) in [5, 5.41) is 1.24. The molecule has 0 aliphatic heterocycles. The van der Waals surface area contributed by atoms with Crippen LogP contribution in [0.3, 0.4) is 0 Å². The minimum Gasteiger partial charge on any atom is -0.263 e. The molecule has 0 radical (unpaired) electrons. The fourth-order valence-corrected chi connectivity index (χ4v) is 1.65. The number of hydrogen-bond donors (Lipinski definition) is 2. The summed E-state index contributed by atoms with van der Waals surface area (Å²) in [5.41, 5.74) is 0. The number of hydrogen-bond acceptors (Lipinski definition) is 5. The van der Waals surface area contributed by atoms with Gasteiger partial charge in [-0.3, -0.25) is 9.11 Å². The molecule has 7 nitrogen and oxygen atoms in total. The molecular weight excluding hydrogens is 279 g/mol. The van der Waals surface area contributed by atoms with E-state index in [1.807, 2.05) is 30.3 Å². The molecule has 1 unspecified atom stereocenters. The van der Waals surface area contributed by atoms with Crippen LogP contribution in [0.5, 0.6) is 0 Å². The van der Waals surface area contributed by atoms with E-state index in [1.54, 1.807) is 0 Å². The van der Waals surface area contributed by atoms with Gasteiger partial charge in [-0.15, -0.1) is 12.9 Å². The summed E-state index contributed by atoms with van der Waals surface area (Å²) in [5.74, 6) is 0. The molecule has 92 valence electrons. The first-order chi connectivity index (χ1) is 7.10. The van der Waals surface area contributed by atoms with Crippen molar-refractivity contribution in [3.8, 4) is 0 Å². The molecule has 0 aliphatic carbocycles. The molecule has 0 amide bonds. The van der Waals surface area contributed by atoms with Crippen molar-refractivity contribution in [2.24, 2.45) is 0 Å². The van der Waals surface area contributed by atoms with Crippen molar-refractivity contribution in [2.75, 3.05) is 0 Å². The van der Waals surface area contributed by atoms with Crippen LogP contribution in [0.2, 0.25) is 0 Å². The van der Waals surface area contributed by atoms with E-state index < -0.39 is 20.8 Å². The van der Waals surface area contributed by atoms with Crippen LogP contribution in [0.15, 0.2) is 30.3 Å². The lowest BCUT2D eigenvalue weighted by Gasteiger charge is -1.89. The third-order valence-corrected chi connectivity index (χ3v) is 2.73. The molecule has 0 heterocycles. The maximum absolute atomic E-state index is 9.44. The van der Waals surface area contributed by atoms with Gasteiger partial charge in [-0.1, -0.05) is 30.3 Å². The van der Waals surface area contributed by atoms with Gasteiger partial charge in [0.25, 0.3) is 0 Å². The molecule has 10 heteroatoms. The van der Waals surface area contributed by atoms with Gasteiger partial charge in [-0.05, 0) is 5.30 Å². The lowest BCUT2D eigenvalue weighted by Crippen LogP contribution is -2.10. The Hall–Kier alpha value is -0.570. The largest absolute Gasteiger partial charge is 0.413 e. The Kier molecular flexibility index (Phi) is 6.01. The zero-order valence-corrected chi connectivity index (χ0v) is 10.5. The quantitative estimate of drug-likeness (QED) is 0.571. The zero-order valence-electron chi connectivity index (χ0n) is 7.72. The van der Waals surface area contributed by atoms with E-state index in [1.165, 1.54) is 5.30 Å². The smallest absolute Gasteiger partial charge is 0.263 e. The van der Waals surface area contributed by atoms with Gasteiger partial charge in [0.1, 0.15) is 0 Å². The third-order valence-electron chi connectivity index (χ3n) is 0.972. The van der Waals surface area contributed by atoms with E-state index in [-0.39, 0.29) is 0 Å². The average Bonchev–Trinajstić information content (AvgIpc) is 1.99. The lowest BCUT2D eigenvalue weighted by atomic mass is 10.4. The Labute approximate surface area is 95.6 Å². The van der Waals surface area contributed by atoms with Crippen molar-refractivity contribution in [3.05, 3.63) is 30.3 Å². The van der Waals surface area contributed by atoms with Crippen molar-refractivity contribution in [1.82, 2.24) is 0 Å². The van der Waals surface area contributed by atoms with Crippen LogP contribution < -0.4 is 5.30 Å². The molecule has 0 bridgehead atoms. The Morgan fingerprint density at radius 2 is 1.31 bits per heavy atom. The second-order valence-corrected chi connectivity index (χ2v) is 5.26. The van der Waals surface area contributed by atoms with Gasteiger partial charge in [0, 0.05) is 0 Å². The van der Waals surface area contributed by atoms with Crippen molar-refractivity contribution in [1.29, 1.82) is 0 Å². The SMILES string of the molecule is O=S(=O)(O)OS(=O)(=O)O.Pc1ccccc1. The summed E-state index contributed by atoms with van der Waals surface area (Å²) in [6, 6.07) is 10.1. The van der Waals surface area contributed by atoms with Gasteiger partial charge in [-0.2, -0.15) is 16.8 Å². The molecule has 16 heavy (non-hydrogen) atoms. The van der Waals surface area contributed by atoms with Crippen LogP contribution in [-0.4, -0.2) is 25.9 Å². The van der Waals surface area contributed by atoms with Crippen molar-refractivity contribution in [2.45, 2.75) is 0 Å². The summed E-state index contributed by atoms with van der Waals surface area (Å²) in [6.45, 7) is 0. The predicted molar refractivity (Wildman–Crippen MR) is 60.0 cm³/mol. The summed E-state index contributed by atoms with van der Waals surface area (Å²) in [6.07, 6.45) is 0. The molecule has 0 saturated carbocycles. The Balaban J connectivity index is 0.000000288. The van der Waals surface area contributed by atoms with E-state index in [9.17, 15) is 16.8 Å². The lowest BCUT2D eigenvalue weighted by molar-refractivity contribution is 0.344. The Morgan fingerprint density at radius 1 is 0.938 bits per heavy atom. The minimum atomic E-state index is -5.12. The molecule has 1 rings (SSSR count). The maximum Gasteiger partial charge on any atom is 0.413 e. The van der Waals surface area contributed by atoms with Crippen LogP contribution in [0, 0.1) is 0 Å². The topological polar surface area (TPSA) is 118 Å². The summed E-state index contributed by atoms with van der Waals surface area (Å²) >= 11 is 0. The summed E-state index contributed by atoms with van der Waals surface area (Å²) < 4.78 is 55.6. The monoisotopic (exact) mass is 288 g/mol. The van der Waals surface area contributed by atoms with Gasteiger partial charge in [0.2, 0.25) is 0 Å². The molecular formula is C6H9O7PS2. The molecule has 0 spiro atoms. The Morgan fingerprint density at radius 3 is 1.44 bits per heavy atom. The zero-order chi connectivity index (χ0) is 12.8. The van der Waals surface area contributed by atoms with Crippen LogP contribution in [0.4, 0.5) is 0 Å². The highest BCUT2D eigenvalue weighted by Crippen LogP contribution is 1.91. The van der Waals surface area contributed by atoms with Crippen LogP contribution in [0.25, 0.3) is 0 Å². The summed E-state index contributed by atoms with van der Waals surface area (Å²) in [7, 11) is -7.61. The number of benzene rings is 1. The first kappa shape index (κ1) is 15.4. The molecule has 1 aromatic carbocycles. The van der Waals surface area contributed by atoms with Gasteiger partial charge < -0.3 is 0 Å². The fraction of sp³-hybridized carbons (Fsp3) is 0. The molecule has 1 aromatic rings. The second kappa shape index (κ2) is 6.24. The molecule has 0 aromatic heterocycles. The van der Waals surface area contributed by atoms with Gasteiger partial charge in [0.15, 0.2) is 0 Å². The van der Waals surface area contributed by atoms with E-state index in [0.29, 0.717) is 0 Å². The van der Waals surface area contributed by atoms with E-state index >= 15 is 0 Å². The van der Waals surface area contributed by atoms with Gasteiger partial charge >= 0.3 is 20.8 Å². The van der Waals surface area contributed by atoms with Crippen LogP contribution >= 0.6 is 9.24 Å². The maximum atomic E-state index is 9.44. The standard InChI is InChI=1S/C6H7P.H2O7S2/c7-6-4-2-1-3-5-6;1-8(2,3)7-9(4,5)6/h1-5H,7H2;(H,1,2,3)(H,4,5,6). The predicted octanol–water partition coefficient (Wildman–Crippen LogP) is -0.204. The van der Waals surface area contributed by atoms with Crippen molar-refractivity contribution < 1.29 is 29.6 Å². The molecule has 0 saturated heterocycles. The van der Waals surface area contributed by atoms with E-state index in [0.717, 1.165) is 0 Å². The van der Waals surface area contributed by atoms with E-state index in [4.69, 9.17) is 9.11 Å². The minimum absolute atomic E-state index is 1.24. The highest BCUT2D eigenvalue weighted by Gasteiger charge is 2.15. The third kappa shape index (κ3) is 11.5. The highest BCUT2D eigenvalue weighted by molar-refractivity contribution is 7.94. The fourth-order valence-electron chi connectivity index (χ4n) is 0.562. The molecule has 0 fully saturated rings. The normalized spacial score (nSPS) is 11.4. The van der Waals surface area contributed by atoms with E-state index in [2.05, 4.69) is 12.9 Å². The van der Waals surface area contributed by atoms with Crippen molar-refractivity contribution >= 4 is 35.3 Å². The van der Waals surface area contributed by atoms with Gasteiger partial charge in [-0.25, -0.2) is 0 Å². The highest BCUT2D eigenvalue weighted by atomic mass is 32.3. The van der Waals surface area contributed by atoms with Crippen molar-refractivity contribution in [3.63, 3.8) is 0 Å². The summed E-state index contributed by atoms with van der Waals surface area (Å²) in [4.78, 5) is 0. The first-order valence-corrected chi connectivity index (χ1v) is 6.87. The first-order valence-electron chi connectivity index (χ1n) is 3.56.